The van der Waals surface area contributed by atoms with E-state index < -0.39 is 0 Å². The van der Waals surface area contributed by atoms with Gasteiger partial charge in [0.05, 0.1) is 10.2 Å². The molecule has 0 aliphatic carbocycles. The van der Waals surface area contributed by atoms with Crippen molar-refractivity contribution in [2.24, 2.45) is 5.73 Å². The lowest BCUT2D eigenvalue weighted by molar-refractivity contribution is -0.117. The largest absolute Gasteiger partial charge is 0.326 e. The molecule has 1 atom stereocenters. The minimum atomic E-state index is -0.0621. The van der Waals surface area contributed by atoms with E-state index >= 15 is 0 Å². The van der Waals surface area contributed by atoms with Gasteiger partial charge in [0.25, 0.3) is 0 Å². The highest BCUT2D eigenvalue weighted by atomic mass is 32.1. The Morgan fingerprint density at radius 1 is 1.39 bits per heavy atom. The summed E-state index contributed by atoms with van der Waals surface area (Å²) in [6.07, 6.45) is 0.425. The van der Waals surface area contributed by atoms with Crippen molar-refractivity contribution < 1.29 is 4.79 Å². The topological polar surface area (TPSA) is 59.2 Å². The zero-order valence-electron chi connectivity index (χ0n) is 10.4. The van der Waals surface area contributed by atoms with Gasteiger partial charge >= 0.3 is 0 Å². The molecule has 4 nitrogen and oxygen atoms in total. The maximum Gasteiger partial charge on any atom is 0.230 e. The van der Waals surface area contributed by atoms with Crippen LogP contribution in [-0.2, 0) is 4.79 Å². The Morgan fingerprint density at radius 3 is 2.78 bits per heavy atom. The number of nitrogens with two attached hydrogens (primary N) is 1. The van der Waals surface area contributed by atoms with Gasteiger partial charge in [-0.3, -0.25) is 9.69 Å². The molecule has 1 saturated heterocycles. The summed E-state index contributed by atoms with van der Waals surface area (Å²) in [5.41, 5.74) is 9.25. The summed E-state index contributed by atoms with van der Waals surface area (Å²) in [6.45, 7) is 4.74. The average molecular weight is 261 g/mol. The number of carbonyl (C=O) groups excluding carboxylic acids is 1. The lowest BCUT2D eigenvalue weighted by Crippen LogP contribution is -2.27. The summed E-state index contributed by atoms with van der Waals surface area (Å²) >= 11 is 1.56. The number of thiazole rings is 1. The van der Waals surface area contributed by atoms with Crippen LogP contribution >= 0.6 is 11.3 Å². The summed E-state index contributed by atoms with van der Waals surface area (Å²) in [6, 6.07) is 4.14. The van der Waals surface area contributed by atoms with E-state index in [-0.39, 0.29) is 11.9 Å². The maximum atomic E-state index is 11.8. The highest BCUT2D eigenvalue weighted by Gasteiger charge is 2.30. The van der Waals surface area contributed by atoms with Gasteiger partial charge in [0, 0.05) is 19.0 Å². The first kappa shape index (κ1) is 11.6. The second kappa shape index (κ2) is 4.03. The molecule has 0 spiro atoms. The van der Waals surface area contributed by atoms with Gasteiger partial charge in [-0.1, -0.05) is 11.3 Å². The number of anilines is 1. The number of nitrogens with zero attached hydrogens (tertiary/aromatic N) is 2. The van der Waals surface area contributed by atoms with Crippen LogP contribution in [0.4, 0.5) is 5.13 Å². The number of amides is 1. The molecule has 5 heteroatoms. The number of fused-ring (bicyclic) bond motifs is 1. The molecule has 1 unspecified atom stereocenters. The predicted molar refractivity (Wildman–Crippen MR) is 74.0 cm³/mol. The van der Waals surface area contributed by atoms with Crippen LogP contribution in [0.15, 0.2) is 12.1 Å². The standard InChI is InChI=1S/C13H15N3OS/c1-7-3-10-11(4-8(7)2)18-13(15-10)16-6-9(14)5-12(16)17/h3-4,9H,5-6,14H2,1-2H3. The van der Waals surface area contributed by atoms with Gasteiger partial charge in [-0.2, -0.15) is 0 Å². The summed E-state index contributed by atoms with van der Waals surface area (Å²) in [5, 5.41) is 0.771. The third-order valence-corrected chi connectivity index (χ3v) is 4.42. The van der Waals surface area contributed by atoms with Crippen LogP contribution in [0.25, 0.3) is 10.2 Å². The van der Waals surface area contributed by atoms with E-state index in [0.29, 0.717) is 13.0 Å². The van der Waals surface area contributed by atoms with E-state index in [1.54, 1.807) is 16.2 Å². The summed E-state index contributed by atoms with van der Waals surface area (Å²) in [5.74, 6) is 0.0787. The molecule has 1 amide bonds. The molecule has 3 rings (SSSR count). The Balaban J connectivity index is 2.06. The Hall–Kier alpha value is -1.46. The highest BCUT2D eigenvalue weighted by Crippen LogP contribution is 2.32. The van der Waals surface area contributed by atoms with Crippen molar-refractivity contribution in [1.82, 2.24) is 4.98 Å². The molecule has 0 bridgehead atoms. The van der Waals surface area contributed by atoms with E-state index in [1.807, 2.05) is 0 Å². The molecule has 94 valence electrons. The molecular weight excluding hydrogens is 246 g/mol. The second-order valence-electron chi connectivity index (χ2n) is 4.87. The maximum absolute atomic E-state index is 11.8. The van der Waals surface area contributed by atoms with Crippen LogP contribution in [0.1, 0.15) is 17.5 Å². The van der Waals surface area contributed by atoms with E-state index in [9.17, 15) is 4.79 Å². The first-order chi connectivity index (χ1) is 8.54. The van der Waals surface area contributed by atoms with Crippen LogP contribution in [0, 0.1) is 13.8 Å². The molecule has 2 N–H and O–H groups in total. The minimum Gasteiger partial charge on any atom is -0.326 e. The Bertz CT molecular complexity index is 595. The molecule has 1 aromatic heterocycles. The average Bonchev–Trinajstić information content (AvgIpc) is 2.82. The van der Waals surface area contributed by atoms with Crippen molar-refractivity contribution >= 4 is 32.6 Å². The number of aromatic nitrogens is 1. The fourth-order valence-corrected chi connectivity index (χ4v) is 3.28. The minimum absolute atomic E-state index is 0.0621. The first-order valence-corrected chi connectivity index (χ1v) is 6.80. The number of hydrogen-bond donors (Lipinski definition) is 1. The first-order valence-electron chi connectivity index (χ1n) is 5.98. The fourth-order valence-electron chi connectivity index (χ4n) is 2.20. The lowest BCUT2D eigenvalue weighted by Gasteiger charge is -2.10. The lowest BCUT2D eigenvalue weighted by atomic mass is 10.1. The third-order valence-electron chi connectivity index (χ3n) is 3.38. The van der Waals surface area contributed by atoms with Crippen molar-refractivity contribution in [3.8, 4) is 0 Å². The number of aryl methyl sites for hydroxylation is 2. The molecule has 18 heavy (non-hydrogen) atoms. The van der Waals surface area contributed by atoms with Crippen molar-refractivity contribution in [2.75, 3.05) is 11.4 Å². The van der Waals surface area contributed by atoms with Gasteiger partial charge in [0.15, 0.2) is 5.13 Å². The quantitative estimate of drug-likeness (QED) is 0.854. The number of rotatable bonds is 1. The normalized spacial score (nSPS) is 20.1. The fraction of sp³-hybridized carbons (Fsp3) is 0.385. The van der Waals surface area contributed by atoms with Gasteiger partial charge in [-0.05, 0) is 37.1 Å². The van der Waals surface area contributed by atoms with Gasteiger partial charge in [-0.25, -0.2) is 4.98 Å². The molecule has 0 saturated carbocycles. The molecule has 2 heterocycles. The zero-order chi connectivity index (χ0) is 12.9. The van der Waals surface area contributed by atoms with Crippen LogP contribution < -0.4 is 10.6 Å². The summed E-state index contributed by atoms with van der Waals surface area (Å²) < 4.78 is 1.13. The molecule has 2 aromatic rings. The van der Waals surface area contributed by atoms with Crippen molar-refractivity contribution in [1.29, 1.82) is 0 Å². The van der Waals surface area contributed by atoms with Crippen LogP contribution in [0.3, 0.4) is 0 Å². The van der Waals surface area contributed by atoms with Crippen LogP contribution in [0.2, 0.25) is 0 Å². The smallest absolute Gasteiger partial charge is 0.230 e. The van der Waals surface area contributed by atoms with E-state index in [2.05, 4.69) is 31.0 Å². The van der Waals surface area contributed by atoms with Crippen molar-refractivity contribution in [3.05, 3.63) is 23.3 Å². The molecule has 1 fully saturated rings. The molecule has 1 aliphatic rings. The number of benzene rings is 1. The zero-order valence-corrected chi connectivity index (χ0v) is 11.3. The Labute approximate surface area is 109 Å². The summed E-state index contributed by atoms with van der Waals surface area (Å²) in [7, 11) is 0. The van der Waals surface area contributed by atoms with Gasteiger partial charge in [-0.15, -0.1) is 0 Å². The highest BCUT2D eigenvalue weighted by molar-refractivity contribution is 7.22. The van der Waals surface area contributed by atoms with Crippen LogP contribution in [0.5, 0.6) is 0 Å². The molecule has 1 aromatic carbocycles. The third kappa shape index (κ3) is 1.79. The van der Waals surface area contributed by atoms with Gasteiger partial charge < -0.3 is 5.73 Å². The van der Waals surface area contributed by atoms with Crippen molar-refractivity contribution in [2.45, 2.75) is 26.3 Å². The molecule has 1 aliphatic heterocycles. The van der Waals surface area contributed by atoms with E-state index in [4.69, 9.17) is 5.73 Å². The Kier molecular flexibility index (Phi) is 2.60. The van der Waals surface area contributed by atoms with Gasteiger partial charge in [0.2, 0.25) is 5.91 Å². The Morgan fingerprint density at radius 2 is 2.11 bits per heavy atom. The number of carbonyl (C=O) groups is 1. The summed E-state index contributed by atoms with van der Waals surface area (Å²) in [4.78, 5) is 18.1. The molecule has 0 radical (unpaired) electrons. The number of hydrogen-bond acceptors (Lipinski definition) is 4. The van der Waals surface area contributed by atoms with Crippen molar-refractivity contribution in [3.63, 3.8) is 0 Å². The van der Waals surface area contributed by atoms with Crippen LogP contribution in [-0.4, -0.2) is 23.5 Å². The monoisotopic (exact) mass is 261 g/mol. The predicted octanol–water partition coefficient (Wildman–Crippen LogP) is 1.98. The molecular formula is C13H15N3OS. The second-order valence-corrected chi connectivity index (χ2v) is 5.88. The SMILES string of the molecule is Cc1cc2nc(N3CC(N)CC3=O)sc2cc1C. The van der Waals surface area contributed by atoms with Gasteiger partial charge in [0.1, 0.15) is 0 Å². The van der Waals surface area contributed by atoms with E-state index in [1.165, 1.54) is 11.1 Å². The van der Waals surface area contributed by atoms with E-state index in [0.717, 1.165) is 15.3 Å².